The van der Waals surface area contributed by atoms with Crippen molar-refractivity contribution < 1.29 is 13.5 Å². The SMILES string of the molecule is C=CCCc1ccc2c(F)c(-c3ccc(-c4ccc(OC)c(F)c4)cc3)ccc2c1. The van der Waals surface area contributed by atoms with Gasteiger partial charge < -0.3 is 4.74 Å². The van der Waals surface area contributed by atoms with Crippen molar-refractivity contribution in [2.75, 3.05) is 7.11 Å². The summed E-state index contributed by atoms with van der Waals surface area (Å²) in [7, 11) is 1.44. The zero-order chi connectivity index (χ0) is 21.1. The van der Waals surface area contributed by atoms with E-state index in [4.69, 9.17) is 4.74 Å². The summed E-state index contributed by atoms with van der Waals surface area (Å²) in [6, 6.07) is 21.9. The lowest BCUT2D eigenvalue weighted by atomic mass is 9.96. The van der Waals surface area contributed by atoms with E-state index in [9.17, 15) is 4.39 Å². The first-order valence-electron chi connectivity index (χ1n) is 9.87. The van der Waals surface area contributed by atoms with Gasteiger partial charge in [-0.1, -0.05) is 66.7 Å². The van der Waals surface area contributed by atoms with Crippen LogP contribution >= 0.6 is 0 Å². The van der Waals surface area contributed by atoms with Crippen LogP contribution < -0.4 is 4.74 Å². The van der Waals surface area contributed by atoms with E-state index < -0.39 is 5.82 Å². The van der Waals surface area contributed by atoms with Crippen LogP contribution in [0.4, 0.5) is 8.78 Å². The van der Waals surface area contributed by atoms with Gasteiger partial charge in [0.2, 0.25) is 0 Å². The van der Waals surface area contributed by atoms with Crippen LogP contribution in [-0.2, 0) is 6.42 Å². The quantitative estimate of drug-likeness (QED) is 0.303. The minimum Gasteiger partial charge on any atom is -0.494 e. The van der Waals surface area contributed by atoms with E-state index in [2.05, 4.69) is 6.58 Å². The Labute approximate surface area is 175 Å². The first kappa shape index (κ1) is 19.8. The van der Waals surface area contributed by atoms with Crippen LogP contribution in [0.1, 0.15) is 12.0 Å². The number of hydrogen-bond donors (Lipinski definition) is 0. The molecule has 0 N–H and O–H groups in total. The summed E-state index contributed by atoms with van der Waals surface area (Å²) < 4.78 is 34.2. The number of halogens is 2. The molecular formula is C27H22F2O. The van der Waals surface area contributed by atoms with Crippen LogP contribution in [0.25, 0.3) is 33.0 Å². The number of benzene rings is 4. The van der Waals surface area contributed by atoms with Crippen LogP contribution in [-0.4, -0.2) is 7.11 Å². The third-order valence-corrected chi connectivity index (χ3v) is 5.34. The van der Waals surface area contributed by atoms with Crippen LogP contribution in [0.3, 0.4) is 0 Å². The van der Waals surface area contributed by atoms with Crippen molar-refractivity contribution in [1.29, 1.82) is 0 Å². The third-order valence-electron chi connectivity index (χ3n) is 5.34. The number of fused-ring (bicyclic) bond motifs is 1. The van der Waals surface area contributed by atoms with Crippen LogP contribution in [0.15, 0.2) is 85.5 Å². The molecule has 0 aromatic heterocycles. The van der Waals surface area contributed by atoms with E-state index in [0.29, 0.717) is 10.9 Å². The second-order valence-electron chi connectivity index (χ2n) is 7.24. The van der Waals surface area contributed by atoms with Crippen LogP contribution in [0.5, 0.6) is 5.75 Å². The Bertz CT molecular complexity index is 1210. The Morgan fingerprint density at radius 3 is 2.27 bits per heavy atom. The topological polar surface area (TPSA) is 9.23 Å². The molecule has 0 spiro atoms. The number of ether oxygens (including phenoxy) is 1. The fraction of sp³-hybridized carbons (Fsp3) is 0.111. The minimum absolute atomic E-state index is 0.209. The molecule has 4 rings (SSSR count). The Morgan fingerprint density at radius 2 is 1.57 bits per heavy atom. The summed E-state index contributed by atoms with van der Waals surface area (Å²) in [5.74, 6) is -0.431. The van der Waals surface area contributed by atoms with E-state index in [1.807, 2.05) is 60.7 Å². The molecule has 0 fully saturated rings. The summed E-state index contributed by atoms with van der Waals surface area (Å²) >= 11 is 0. The normalized spacial score (nSPS) is 10.9. The minimum atomic E-state index is -0.410. The zero-order valence-electron chi connectivity index (χ0n) is 16.8. The van der Waals surface area contributed by atoms with Crippen molar-refractivity contribution in [3.63, 3.8) is 0 Å². The van der Waals surface area contributed by atoms with Crippen molar-refractivity contribution in [1.82, 2.24) is 0 Å². The Kier molecular flexibility index (Phi) is 5.62. The van der Waals surface area contributed by atoms with E-state index in [-0.39, 0.29) is 11.6 Å². The third kappa shape index (κ3) is 3.84. The van der Waals surface area contributed by atoms with Gasteiger partial charge in [0, 0.05) is 10.9 Å². The Morgan fingerprint density at radius 1 is 0.833 bits per heavy atom. The predicted octanol–water partition coefficient (Wildman–Crippen LogP) is 7.58. The van der Waals surface area contributed by atoms with Crippen molar-refractivity contribution >= 4 is 10.8 Å². The highest BCUT2D eigenvalue weighted by atomic mass is 19.1. The first-order valence-corrected chi connectivity index (χ1v) is 9.87. The first-order chi connectivity index (χ1) is 14.6. The van der Waals surface area contributed by atoms with E-state index in [1.54, 1.807) is 12.1 Å². The summed E-state index contributed by atoms with van der Waals surface area (Å²) in [5, 5.41) is 1.50. The Hall–Kier alpha value is -3.46. The average molecular weight is 400 g/mol. The van der Waals surface area contributed by atoms with Gasteiger partial charge in [0.25, 0.3) is 0 Å². The van der Waals surface area contributed by atoms with E-state index >= 15 is 4.39 Å². The van der Waals surface area contributed by atoms with Crippen molar-refractivity contribution in [3.05, 3.63) is 103 Å². The van der Waals surface area contributed by atoms with Gasteiger partial charge in [0.05, 0.1) is 7.11 Å². The molecule has 150 valence electrons. The molecule has 0 heterocycles. The molecule has 3 heteroatoms. The number of rotatable bonds is 6. The lowest BCUT2D eigenvalue weighted by molar-refractivity contribution is 0.386. The van der Waals surface area contributed by atoms with Gasteiger partial charge in [-0.05, 0) is 52.6 Å². The molecule has 0 amide bonds. The zero-order valence-corrected chi connectivity index (χ0v) is 16.8. The molecule has 0 aliphatic heterocycles. The highest BCUT2D eigenvalue weighted by Crippen LogP contribution is 2.32. The van der Waals surface area contributed by atoms with Crippen molar-refractivity contribution in [2.24, 2.45) is 0 Å². The van der Waals surface area contributed by atoms with E-state index in [0.717, 1.165) is 34.9 Å². The molecule has 0 atom stereocenters. The van der Waals surface area contributed by atoms with Crippen molar-refractivity contribution in [2.45, 2.75) is 12.8 Å². The number of hydrogen-bond acceptors (Lipinski definition) is 1. The second kappa shape index (κ2) is 8.50. The van der Waals surface area contributed by atoms with Gasteiger partial charge in [0.1, 0.15) is 5.82 Å². The fourth-order valence-corrected chi connectivity index (χ4v) is 3.68. The maximum Gasteiger partial charge on any atom is 0.165 e. The van der Waals surface area contributed by atoms with Gasteiger partial charge >= 0.3 is 0 Å². The van der Waals surface area contributed by atoms with Gasteiger partial charge in [0.15, 0.2) is 11.6 Å². The monoisotopic (exact) mass is 400 g/mol. The summed E-state index contributed by atoms with van der Waals surface area (Å²) in [4.78, 5) is 0. The molecule has 4 aromatic rings. The molecule has 30 heavy (non-hydrogen) atoms. The molecular weight excluding hydrogens is 378 g/mol. The molecule has 4 aromatic carbocycles. The lowest BCUT2D eigenvalue weighted by Crippen LogP contribution is -1.90. The van der Waals surface area contributed by atoms with Crippen molar-refractivity contribution in [3.8, 4) is 28.0 Å². The highest BCUT2D eigenvalue weighted by Gasteiger charge is 2.11. The fourth-order valence-electron chi connectivity index (χ4n) is 3.68. The smallest absolute Gasteiger partial charge is 0.165 e. The maximum absolute atomic E-state index is 15.2. The summed E-state index contributed by atoms with van der Waals surface area (Å²) in [5.41, 5.74) is 4.10. The average Bonchev–Trinajstić information content (AvgIpc) is 2.78. The molecule has 0 unspecified atom stereocenters. The molecule has 0 aliphatic carbocycles. The number of allylic oxidation sites excluding steroid dienone is 1. The van der Waals surface area contributed by atoms with Gasteiger partial charge in [-0.15, -0.1) is 6.58 Å². The summed E-state index contributed by atoms with van der Waals surface area (Å²) in [6.45, 7) is 3.75. The van der Waals surface area contributed by atoms with Gasteiger partial charge in [-0.3, -0.25) is 0 Å². The lowest BCUT2D eigenvalue weighted by Gasteiger charge is -2.10. The molecule has 0 bridgehead atoms. The largest absolute Gasteiger partial charge is 0.494 e. The standard InChI is InChI=1S/C27H22F2O/c1-3-4-5-18-6-13-24-22(16-18)11-14-23(27(24)29)20-9-7-19(8-10-20)21-12-15-26(30-2)25(28)17-21/h3,6-17H,1,4-5H2,2H3. The van der Waals surface area contributed by atoms with Gasteiger partial charge in [-0.25, -0.2) is 8.78 Å². The Balaban J connectivity index is 1.66. The molecule has 0 saturated carbocycles. The molecule has 1 nitrogen and oxygen atoms in total. The second-order valence-corrected chi connectivity index (χ2v) is 7.24. The number of aryl methyl sites for hydroxylation is 1. The van der Waals surface area contributed by atoms with Gasteiger partial charge in [-0.2, -0.15) is 0 Å². The molecule has 0 saturated heterocycles. The van der Waals surface area contributed by atoms with Crippen LogP contribution in [0.2, 0.25) is 0 Å². The molecule has 0 radical (unpaired) electrons. The highest BCUT2D eigenvalue weighted by molar-refractivity contribution is 5.89. The summed E-state index contributed by atoms with van der Waals surface area (Å²) in [6.07, 6.45) is 3.69. The number of methoxy groups -OCH3 is 1. The predicted molar refractivity (Wildman–Crippen MR) is 120 cm³/mol. The molecule has 0 aliphatic rings. The van der Waals surface area contributed by atoms with Crippen LogP contribution in [0, 0.1) is 11.6 Å². The van der Waals surface area contributed by atoms with E-state index in [1.165, 1.54) is 18.7 Å². The maximum atomic E-state index is 15.2.